The topological polar surface area (TPSA) is 41.3 Å². The molecule has 0 aliphatic carbocycles. The van der Waals surface area contributed by atoms with Gasteiger partial charge in [-0.1, -0.05) is 13.8 Å². The summed E-state index contributed by atoms with van der Waals surface area (Å²) in [5.74, 6) is 0. The summed E-state index contributed by atoms with van der Waals surface area (Å²) < 4.78 is 2.07. The first-order chi connectivity index (χ1) is 9.56. The molecule has 0 bridgehead atoms. The molecule has 1 fully saturated rings. The molecule has 0 radical (unpaired) electrons. The molecule has 1 unspecified atom stereocenters. The van der Waals surface area contributed by atoms with Crippen LogP contribution < -0.4 is 0 Å². The van der Waals surface area contributed by atoms with Crippen molar-refractivity contribution in [3.63, 3.8) is 0 Å². The summed E-state index contributed by atoms with van der Waals surface area (Å²) in [7, 11) is 2.13. The third-order valence-electron chi connectivity index (χ3n) is 4.63. The summed E-state index contributed by atoms with van der Waals surface area (Å²) in [5.41, 5.74) is 0.460. The fourth-order valence-electron chi connectivity index (χ4n) is 3.17. The van der Waals surface area contributed by atoms with E-state index in [1.165, 1.54) is 0 Å². The van der Waals surface area contributed by atoms with Gasteiger partial charge in [0.05, 0.1) is 17.3 Å². The van der Waals surface area contributed by atoms with Crippen molar-refractivity contribution in [3.05, 3.63) is 18.0 Å². The van der Waals surface area contributed by atoms with Crippen molar-refractivity contribution in [1.29, 1.82) is 0 Å². The zero-order chi connectivity index (χ0) is 14.6. The molecule has 1 aromatic rings. The number of nitrogens with zero attached hydrogens (tertiary/aromatic N) is 3. The van der Waals surface area contributed by atoms with E-state index in [0.717, 1.165) is 50.9 Å². The molecular formula is C16H29N3O. The molecule has 1 aliphatic heterocycles. The molecular weight excluding hydrogens is 250 g/mol. The van der Waals surface area contributed by atoms with Crippen LogP contribution >= 0.6 is 0 Å². The average Bonchev–Trinajstić information content (AvgIpc) is 2.79. The predicted octanol–water partition coefficient (Wildman–Crippen LogP) is 2.63. The lowest BCUT2D eigenvalue weighted by atomic mass is 9.90. The van der Waals surface area contributed by atoms with Gasteiger partial charge in [-0.15, -0.1) is 0 Å². The highest BCUT2D eigenvalue weighted by Gasteiger charge is 2.30. The quantitative estimate of drug-likeness (QED) is 0.901. The maximum atomic E-state index is 10.8. The van der Waals surface area contributed by atoms with Gasteiger partial charge in [0.1, 0.15) is 0 Å². The van der Waals surface area contributed by atoms with Gasteiger partial charge < -0.3 is 10.0 Å². The maximum absolute atomic E-state index is 10.8. The van der Waals surface area contributed by atoms with Gasteiger partial charge in [0.25, 0.3) is 0 Å². The van der Waals surface area contributed by atoms with Crippen molar-refractivity contribution in [1.82, 2.24) is 14.7 Å². The first-order valence-electron chi connectivity index (χ1n) is 8.01. The van der Waals surface area contributed by atoms with Crippen LogP contribution in [0.25, 0.3) is 0 Å². The second kappa shape index (κ2) is 6.72. The highest BCUT2D eigenvalue weighted by atomic mass is 16.3. The largest absolute Gasteiger partial charge is 0.389 e. The molecule has 20 heavy (non-hydrogen) atoms. The van der Waals surface area contributed by atoms with E-state index in [4.69, 9.17) is 0 Å². The van der Waals surface area contributed by atoms with E-state index in [0.29, 0.717) is 12.5 Å². The lowest BCUT2D eigenvalue weighted by molar-refractivity contribution is 0.0252. The standard InChI is InChI=1S/C16H29N3O/c1-4-15(5-2)19-11-7-14(17-19)13-16(20)8-6-10-18(3)12-9-16/h7,11,15,20H,4-6,8-10,12-13H2,1-3H3. The van der Waals surface area contributed by atoms with Crippen molar-refractivity contribution in [2.75, 3.05) is 20.1 Å². The van der Waals surface area contributed by atoms with Crippen LogP contribution in [0.5, 0.6) is 0 Å². The van der Waals surface area contributed by atoms with Crippen molar-refractivity contribution >= 4 is 0 Å². The third-order valence-corrected chi connectivity index (χ3v) is 4.63. The van der Waals surface area contributed by atoms with Crippen LogP contribution in [0.4, 0.5) is 0 Å². The molecule has 114 valence electrons. The Kier molecular flexibility index (Phi) is 5.22. The van der Waals surface area contributed by atoms with E-state index in [1.807, 2.05) is 0 Å². The van der Waals surface area contributed by atoms with E-state index in [-0.39, 0.29) is 0 Å². The molecule has 1 aromatic heterocycles. The second-order valence-corrected chi connectivity index (χ2v) is 6.32. The Balaban J connectivity index is 2.02. The summed E-state index contributed by atoms with van der Waals surface area (Å²) in [6.45, 7) is 6.46. The Hall–Kier alpha value is -0.870. The van der Waals surface area contributed by atoms with Crippen LogP contribution in [0.3, 0.4) is 0 Å². The van der Waals surface area contributed by atoms with Crippen LogP contribution in [0.2, 0.25) is 0 Å². The van der Waals surface area contributed by atoms with Crippen LogP contribution in [0.15, 0.2) is 12.3 Å². The number of hydrogen-bond acceptors (Lipinski definition) is 3. The van der Waals surface area contributed by atoms with Crippen LogP contribution in [-0.4, -0.2) is 45.5 Å². The number of aromatic nitrogens is 2. The fourth-order valence-corrected chi connectivity index (χ4v) is 3.17. The Morgan fingerprint density at radius 1 is 1.30 bits per heavy atom. The molecule has 0 spiro atoms. The van der Waals surface area contributed by atoms with Gasteiger partial charge in [0.15, 0.2) is 0 Å². The molecule has 0 amide bonds. The van der Waals surface area contributed by atoms with Gasteiger partial charge in [-0.3, -0.25) is 4.68 Å². The normalized spacial score (nSPS) is 25.1. The van der Waals surface area contributed by atoms with Gasteiger partial charge in [0.2, 0.25) is 0 Å². The van der Waals surface area contributed by atoms with Gasteiger partial charge in [0, 0.05) is 19.2 Å². The third kappa shape index (κ3) is 3.83. The Morgan fingerprint density at radius 2 is 2.05 bits per heavy atom. The lowest BCUT2D eigenvalue weighted by Crippen LogP contribution is -2.33. The number of rotatable bonds is 5. The molecule has 1 aliphatic rings. The van der Waals surface area contributed by atoms with Crippen LogP contribution in [0.1, 0.15) is 57.7 Å². The smallest absolute Gasteiger partial charge is 0.0716 e. The SMILES string of the molecule is CCC(CC)n1ccc(CC2(O)CCCN(C)CC2)n1. The first kappa shape index (κ1) is 15.5. The summed E-state index contributed by atoms with van der Waals surface area (Å²) in [6.07, 6.45) is 7.77. The van der Waals surface area contributed by atoms with Crippen molar-refractivity contribution in [3.8, 4) is 0 Å². The molecule has 1 atom stereocenters. The second-order valence-electron chi connectivity index (χ2n) is 6.32. The highest BCUT2D eigenvalue weighted by molar-refractivity contribution is 5.05. The van der Waals surface area contributed by atoms with Gasteiger partial charge in [-0.2, -0.15) is 5.10 Å². The van der Waals surface area contributed by atoms with Gasteiger partial charge in [-0.05, 0) is 51.8 Å². The van der Waals surface area contributed by atoms with E-state index in [2.05, 4.69) is 47.8 Å². The van der Waals surface area contributed by atoms with Crippen molar-refractivity contribution in [2.24, 2.45) is 0 Å². The minimum atomic E-state index is -0.572. The van der Waals surface area contributed by atoms with E-state index < -0.39 is 5.60 Å². The lowest BCUT2D eigenvalue weighted by Gasteiger charge is -2.25. The predicted molar refractivity (Wildman–Crippen MR) is 81.8 cm³/mol. The summed E-state index contributed by atoms with van der Waals surface area (Å²) >= 11 is 0. The first-order valence-corrected chi connectivity index (χ1v) is 8.01. The summed E-state index contributed by atoms with van der Waals surface area (Å²) in [4.78, 5) is 2.31. The molecule has 0 aromatic carbocycles. The molecule has 0 saturated carbocycles. The fraction of sp³-hybridized carbons (Fsp3) is 0.812. The van der Waals surface area contributed by atoms with E-state index in [1.54, 1.807) is 0 Å². The molecule has 4 heteroatoms. The number of likely N-dealkylation sites (tertiary alicyclic amines) is 1. The van der Waals surface area contributed by atoms with E-state index in [9.17, 15) is 5.11 Å². The number of hydrogen-bond donors (Lipinski definition) is 1. The summed E-state index contributed by atoms with van der Waals surface area (Å²) in [5, 5.41) is 15.5. The Morgan fingerprint density at radius 3 is 2.75 bits per heavy atom. The van der Waals surface area contributed by atoms with Crippen LogP contribution in [0, 0.1) is 0 Å². The monoisotopic (exact) mass is 279 g/mol. The minimum Gasteiger partial charge on any atom is -0.389 e. The maximum Gasteiger partial charge on any atom is 0.0716 e. The summed E-state index contributed by atoms with van der Waals surface area (Å²) in [6, 6.07) is 2.56. The molecule has 2 heterocycles. The molecule has 1 N–H and O–H groups in total. The molecule has 1 saturated heterocycles. The van der Waals surface area contributed by atoms with Crippen molar-refractivity contribution in [2.45, 2.75) is 64.0 Å². The van der Waals surface area contributed by atoms with E-state index >= 15 is 0 Å². The Bertz CT molecular complexity index is 414. The van der Waals surface area contributed by atoms with Crippen LogP contribution in [-0.2, 0) is 6.42 Å². The molecule has 2 rings (SSSR count). The highest BCUT2D eigenvalue weighted by Crippen LogP contribution is 2.26. The zero-order valence-corrected chi connectivity index (χ0v) is 13.2. The zero-order valence-electron chi connectivity index (χ0n) is 13.2. The minimum absolute atomic E-state index is 0.485. The number of aliphatic hydroxyl groups is 1. The average molecular weight is 279 g/mol. The van der Waals surface area contributed by atoms with Crippen molar-refractivity contribution < 1.29 is 5.11 Å². The van der Waals surface area contributed by atoms with Gasteiger partial charge >= 0.3 is 0 Å². The molecule has 4 nitrogen and oxygen atoms in total. The van der Waals surface area contributed by atoms with Gasteiger partial charge in [-0.25, -0.2) is 0 Å². The Labute approximate surface area is 122 Å².